The van der Waals surface area contributed by atoms with Crippen LogP contribution in [-0.2, 0) is 19.0 Å². The van der Waals surface area contributed by atoms with E-state index in [9.17, 15) is 0 Å². The summed E-state index contributed by atoms with van der Waals surface area (Å²) in [4.78, 5) is 5.37. The Labute approximate surface area is 91.2 Å². The van der Waals surface area contributed by atoms with Crippen molar-refractivity contribution in [1.82, 2.24) is 5.06 Å². The van der Waals surface area contributed by atoms with Crippen molar-refractivity contribution in [3.63, 3.8) is 0 Å². The molecule has 1 rings (SSSR count). The molecule has 1 saturated heterocycles. The lowest BCUT2D eigenvalue weighted by Gasteiger charge is -2.21. The maximum atomic E-state index is 5.72. The van der Waals surface area contributed by atoms with Gasteiger partial charge >= 0.3 is 0 Å². The number of nitrogens with zero attached hydrogens (tertiary/aromatic N) is 1. The van der Waals surface area contributed by atoms with Crippen molar-refractivity contribution in [3.8, 4) is 0 Å². The van der Waals surface area contributed by atoms with Gasteiger partial charge in [0.05, 0.1) is 12.7 Å². The van der Waals surface area contributed by atoms with E-state index >= 15 is 0 Å². The van der Waals surface area contributed by atoms with E-state index in [2.05, 4.69) is 0 Å². The van der Waals surface area contributed by atoms with Gasteiger partial charge in [-0.3, -0.25) is 4.84 Å². The second-order valence-electron chi connectivity index (χ2n) is 3.89. The molecule has 0 N–H and O–H groups in total. The van der Waals surface area contributed by atoms with Crippen molar-refractivity contribution in [2.24, 2.45) is 0 Å². The largest absolute Gasteiger partial charge is 0.376 e. The number of hydroxylamine groups is 2. The average Bonchev–Trinajstić information content (AvgIpc) is 2.50. The summed E-state index contributed by atoms with van der Waals surface area (Å²) >= 11 is 0. The number of hydrogen-bond acceptors (Lipinski definition) is 5. The van der Waals surface area contributed by atoms with Crippen molar-refractivity contribution in [3.05, 3.63) is 0 Å². The molecule has 5 heteroatoms. The van der Waals surface area contributed by atoms with Gasteiger partial charge in [-0.2, -0.15) is 5.06 Å². The summed E-state index contributed by atoms with van der Waals surface area (Å²) in [6.07, 6.45) is -0.122. The van der Waals surface area contributed by atoms with Gasteiger partial charge in [0, 0.05) is 28.3 Å². The van der Waals surface area contributed by atoms with Crippen LogP contribution in [-0.4, -0.2) is 64.4 Å². The van der Waals surface area contributed by atoms with Gasteiger partial charge in [-0.05, 0) is 6.92 Å². The van der Waals surface area contributed by atoms with E-state index in [4.69, 9.17) is 19.0 Å². The highest BCUT2D eigenvalue weighted by molar-refractivity contribution is 4.90. The molecule has 0 radical (unpaired) electrons. The Hall–Kier alpha value is -0.200. The summed E-state index contributed by atoms with van der Waals surface area (Å²) in [6, 6.07) is 0. The molecule has 0 saturated carbocycles. The number of methoxy groups -OCH3 is 2. The first-order valence-corrected chi connectivity index (χ1v) is 5.11. The lowest BCUT2D eigenvalue weighted by molar-refractivity contribution is -0.163. The minimum atomic E-state index is -0.0719. The van der Waals surface area contributed by atoms with Gasteiger partial charge in [0.25, 0.3) is 0 Å². The highest BCUT2D eigenvalue weighted by atomic mass is 16.7. The summed E-state index contributed by atoms with van der Waals surface area (Å²) < 4.78 is 16.4. The third kappa shape index (κ3) is 3.12. The molecule has 2 unspecified atom stereocenters. The zero-order chi connectivity index (χ0) is 11.4. The van der Waals surface area contributed by atoms with Crippen LogP contribution >= 0.6 is 0 Å². The average molecular weight is 219 g/mol. The van der Waals surface area contributed by atoms with Gasteiger partial charge in [-0.15, -0.1) is 0 Å². The molecule has 90 valence electrons. The molecule has 4 atom stereocenters. The maximum Gasteiger partial charge on any atom is 0.114 e. The van der Waals surface area contributed by atoms with E-state index in [-0.39, 0.29) is 24.4 Å². The van der Waals surface area contributed by atoms with Gasteiger partial charge in [0.1, 0.15) is 18.3 Å². The standard InChI is InChI=1S/C10H21NO4/c1-7-9(12-4)10(13-5)8(15-7)6-14-11(2)3/h7-10H,6H2,1-5H3/t7-,8+,9?,10?/m0/s1. The molecule has 1 heterocycles. The first kappa shape index (κ1) is 12.9. The number of hydrogen-bond donors (Lipinski definition) is 0. The molecule has 1 aliphatic heterocycles. The van der Waals surface area contributed by atoms with Crippen LogP contribution in [0.5, 0.6) is 0 Å². The van der Waals surface area contributed by atoms with E-state index in [1.165, 1.54) is 0 Å². The van der Waals surface area contributed by atoms with Crippen LogP contribution in [0.3, 0.4) is 0 Å². The van der Waals surface area contributed by atoms with Gasteiger partial charge in [-0.25, -0.2) is 0 Å². The molecule has 0 aromatic heterocycles. The Kier molecular flexibility index (Phi) is 4.95. The monoisotopic (exact) mass is 219 g/mol. The third-order valence-corrected chi connectivity index (χ3v) is 2.58. The molecular weight excluding hydrogens is 198 g/mol. The van der Waals surface area contributed by atoms with Gasteiger partial charge in [0.15, 0.2) is 0 Å². The summed E-state index contributed by atoms with van der Waals surface area (Å²) in [5.41, 5.74) is 0. The molecule has 0 aromatic carbocycles. The molecule has 1 aliphatic rings. The summed E-state index contributed by atoms with van der Waals surface area (Å²) in [5, 5.41) is 1.65. The predicted molar refractivity (Wildman–Crippen MR) is 55.6 cm³/mol. The van der Waals surface area contributed by atoms with Crippen LogP contribution in [0.25, 0.3) is 0 Å². The number of rotatable bonds is 5. The zero-order valence-electron chi connectivity index (χ0n) is 10.1. The Morgan fingerprint density at radius 3 is 2.20 bits per heavy atom. The summed E-state index contributed by atoms with van der Waals surface area (Å²) in [5.74, 6) is 0. The first-order valence-electron chi connectivity index (χ1n) is 5.11. The van der Waals surface area contributed by atoms with Crippen LogP contribution in [0, 0.1) is 0 Å². The highest BCUT2D eigenvalue weighted by Gasteiger charge is 2.43. The topological polar surface area (TPSA) is 40.2 Å². The smallest absolute Gasteiger partial charge is 0.114 e. The Morgan fingerprint density at radius 2 is 1.73 bits per heavy atom. The van der Waals surface area contributed by atoms with E-state index < -0.39 is 0 Å². The predicted octanol–water partition coefficient (Wildman–Crippen LogP) is 0.297. The molecule has 0 bridgehead atoms. The fraction of sp³-hybridized carbons (Fsp3) is 1.00. The molecule has 0 amide bonds. The third-order valence-electron chi connectivity index (χ3n) is 2.58. The van der Waals surface area contributed by atoms with E-state index in [1.54, 1.807) is 19.3 Å². The molecular formula is C10H21NO4. The Balaban J connectivity index is 2.50. The van der Waals surface area contributed by atoms with E-state index in [0.717, 1.165) is 0 Å². The minimum absolute atomic E-state index is 0.0224. The highest BCUT2D eigenvalue weighted by Crippen LogP contribution is 2.25. The van der Waals surface area contributed by atoms with Crippen LogP contribution in [0.4, 0.5) is 0 Å². The Bertz CT molecular complexity index is 188. The van der Waals surface area contributed by atoms with Crippen LogP contribution in [0.2, 0.25) is 0 Å². The molecule has 5 nitrogen and oxygen atoms in total. The fourth-order valence-corrected chi connectivity index (χ4v) is 1.88. The van der Waals surface area contributed by atoms with Crippen molar-refractivity contribution in [2.75, 3.05) is 34.9 Å². The first-order chi connectivity index (χ1) is 7.10. The SMILES string of the molecule is COC1C(OC)[C@@H](CON(C)C)O[C@H]1C. The van der Waals surface area contributed by atoms with Crippen LogP contribution < -0.4 is 0 Å². The molecule has 15 heavy (non-hydrogen) atoms. The normalized spacial score (nSPS) is 36.4. The Morgan fingerprint density at radius 1 is 1.13 bits per heavy atom. The quantitative estimate of drug-likeness (QED) is 0.622. The molecule has 0 aliphatic carbocycles. The van der Waals surface area contributed by atoms with Crippen molar-refractivity contribution < 1.29 is 19.0 Å². The maximum absolute atomic E-state index is 5.72. The summed E-state index contributed by atoms with van der Waals surface area (Å²) in [7, 11) is 7.02. The van der Waals surface area contributed by atoms with Crippen molar-refractivity contribution in [1.29, 1.82) is 0 Å². The zero-order valence-corrected chi connectivity index (χ0v) is 10.1. The van der Waals surface area contributed by atoms with Gasteiger partial charge in [0.2, 0.25) is 0 Å². The van der Waals surface area contributed by atoms with E-state index in [1.807, 2.05) is 21.0 Å². The lowest BCUT2D eigenvalue weighted by atomic mass is 10.1. The lowest BCUT2D eigenvalue weighted by Crippen LogP contribution is -2.38. The fourth-order valence-electron chi connectivity index (χ4n) is 1.88. The molecule has 0 aromatic rings. The van der Waals surface area contributed by atoms with Crippen molar-refractivity contribution >= 4 is 0 Å². The second kappa shape index (κ2) is 5.77. The van der Waals surface area contributed by atoms with Gasteiger partial charge < -0.3 is 14.2 Å². The minimum Gasteiger partial charge on any atom is -0.376 e. The van der Waals surface area contributed by atoms with Crippen LogP contribution in [0.1, 0.15) is 6.92 Å². The number of ether oxygens (including phenoxy) is 3. The molecule has 0 spiro atoms. The van der Waals surface area contributed by atoms with E-state index in [0.29, 0.717) is 6.61 Å². The van der Waals surface area contributed by atoms with Crippen LogP contribution in [0.15, 0.2) is 0 Å². The second-order valence-corrected chi connectivity index (χ2v) is 3.89. The van der Waals surface area contributed by atoms with Gasteiger partial charge in [-0.1, -0.05) is 0 Å². The van der Waals surface area contributed by atoms with Crippen molar-refractivity contribution in [2.45, 2.75) is 31.3 Å². The summed E-state index contributed by atoms with van der Waals surface area (Å²) in [6.45, 7) is 2.46. The molecule has 1 fully saturated rings.